The van der Waals surface area contributed by atoms with E-state index in [-0.39, 0.29) is 5.92 Å². The predicted octanol–water partition coefficient (Wildman–Crippen LogP) is 4.53. The van der Waals surface area contributed by atoms with Gasteiger partial charge in [0, 0.05) is 5.75 Å². The van der Waals surface area contributed by atoms with Crippen LogP contribution in [0.5, 0.6) is 0 Å². The van der Waals surface area contributed by atoms with Crippen LogP contribution < -0.4 is 0 Å². The van der Waals surface area contributed by atoms with Gasteiger partial charge in [-0.1, -0.05) is 37.7 Å². The highest BCUT2D eigenvalue weighted by Gasteiger charge is 2.18. The Balaban J connectivity index is 1.89. The van der Waals surface area contributed by atoms with Crippen LogP contribution in [-0.2, 0) is 4.79 Å². The number of nitrogens with zero attached hydrogens (tertiary/aromatic N) is 1. The summed E-state index contributed by atoms with van der Waals surface area (Å²) in [5, 5.41) is 9.21. The fourth-order valence-corrected chi connectivity index (χ4v) is 4.30. The van der Waals surface area contributed by atoms with E-state index >= 15 is 0 Å². The maximum absolute atomic E-state index is 11.2. The van der Waals surface area contributed by atoms with Gasteiger partial charge in [0.05, 0.1) is 16.1 Å². The summed E-state index contributed by atoms with van der Waals surface area (Å²) in [5.41, 5.74) is 1.02. The summed E-state index contributed by atoms with van der Waals surface area (Å²) in [6.07, 6.45) is 1.45. The van der Waals surface area contributed by atoms with E-state index in [2.05, 4.69) is 24.9 Å². The van der Waals surface area contributed by atoms with Crippen molar-refractivity contribution in [1.29, 1.82) is 0 Å². The second-order valence-electron chi connectivity index (χ2n) is 5.25. The summed E-state index contributed by atoms with van der Waals surface area (Å²) < 4.78 is 2.21. The monoisotopic (exact) mass is 309 g/mol. The first-order valence-corrected chi connectivity index (χ1v) is 8.57. The van der Waals surface area contributed by atoms with Crippen molar-refractivity contribution in [1.82, 2.24) is 4.98 Å². The van der Waals surface area contributed by atoms with Crippen molar-refractivity contribution in [2.24, 2.45) is 11.8 Å². The summed E-state index contributed by atoms with van der Waals surface area (Å²) in [5.74, 6) is 0.313. The molecule has 1 aromatic heterocycles. The zero-order valence-electron chi connectivity index (χ0n) is 11.7. The number of carbonyl (C=O) groups is 1. The van der Waals surface area contributed by atoms with Gasteiger partial charge in [0.15, 0.2) is 4.34 Å². The largest absolute Gasteiger partial charge is 0.481 e. The van der Waals surface area contributed by atoms with Gasteiger partial charge in [-0.25, -0.2) is 4.98 Å². The normalized spacial score (nSPS) is 12.9. The summed E-state index contributed by atoms with van der Waals surface area (Å²) in [6, 6.07) is 8.07. The first kappa shape index (κ1) is 15.3. The molecule has 5 heteroatoms. The van der Waals surface area contributed by atoms with E-state index in [0.717, 1.165) is 22.0 Å². The Morgan fingerprint density at radius 3 is 2.80 bits per heavy atom. The molecule has 0 aliphatic heterocycles. The summed E-state index contributed by atoms with van der Waals surface area (Å²) >= 11 is 3.34. The molecule has 0 aliphatic rings. The van der Waals surface area contributed by atoms with Gasteiger partial charge in [0.2, 0.25) is 0 Å². The molecule has 3 nitrogen and oxygen atoms in total. The number of carboxylic acid groups (broad SMARTS) is 1. The van der Waals surface area contributed by atoms with Crippen molar-refractivity contribution in [2.75, 3.05) is 5.75 Å². The molecular formula is C15H19NO2S2. The van der Waals surface area contributed by atoms with Crippen LogP contribution in [0, 0.1) is 11.8 Å². The zero-order chi connectivity index (χ0) is 14.5. The molecule has 0 saturated heterocycles. The number of hydrogen-bond acceptors (Lipinski definition) is 4. The average Bonchev–Trinajstić information content (AvgIpc) is 2.79. The molecule has 1 N–H and O–H groups in total. The fourth-order valence-electron chi connectivity index (χ4n) is 2.11. The molecule has 0 aliphatic carbocycles. The van der Waals surface area contributed by atoms with Gasteiger partial charge in [-0.3, -0.25) is 4.79 Å². The highest BCUT2D eigenvalue weighted by molar-refractivity contribution is 8.01. The number of para-hydroxylation sites is 1. The standard InChI is InChI=1S/C15H19NO2S2/c1-10(2)9-11(14(17)18)7-8-19-15-16-12-5-3-4-6-13(12)20-15/h3-6,10-11H,7-9H2,1-2H3,(H,17,18). The Labute approximate surface area is 127 Å². The molecule has 0 bridgehead atoms. The number of fused-ring (bicyclic) bond motifs is 1. The van der Waals surface area contributed by atoms with E-state index < -0.39 is 5.97 Å². The van der Waals surface area contributed by atoms with E-state index in [1.54, 1.807) is 23.1 Å². The van der Waals surface area contributed by atoms with Crippen molar-refractivity contribution < 1.29 is 9.90 Å². The lowest BCUT2D eigenvalue weighted by atomic mass is 9.95. The molecule has 0 fully saturated rings. The minimum absolute atomic E-state index is 0.239. The molecule has 0 radical (unpaired) electrons. The maximum atomic E-state index is 11.2. The van der Waals surface area contributed by atoms with Gasteiger partial charge in [-0.2, -0.15) is 0 Å². The Kier molecular flexibility index (Phi) is 5.43. The van der Waals surface area contributed by atoms with Crippen molar-refractivity contribution in [3.8, 4) is 0 Å². The molecule has 1 heterocycles. The highest BCUT2D eigenvalue weighted by atomic mass is 32.2. The average molecular weight is 309 g/mol. The number of carboxylic acids is 1. The van der Waals surface area contributed by atoms with E-state index in [0.29, 0.717) is 12.3 Å². The second kappa shape index (κ2) is 7.09. The van der Waals surface area contributed by atoms with E-state index in [1.165, 1.54) is 4.70 Å². The maximum Gasteiger partial charge on any atom is 0.306 e. The first-order valence-electron chi connectivity index (χ1n) is 6.77. The molecule has 0 spiro atoms. The highest BCUT2D eigenvalue weighted by Crippen LogP contribution is 2.30. The number of hydrogen-bond donors (Lipinski definition) is 1. The van der Waals surface area contributed by atoms with Gasteiger partial charge < -0.3 is 5.11 Å². The van der Waals surface area contributed by atoms with Crippen molar-refractivity contribution in [2.45, 2.75) is 31.0 Å². The Morgan fingerprint density at radius 2 is 2.15 bits per heavy atom. The third-order valence-electron chi connectivity index (χ3n) is 3.07. The fraction of sp³-hybridized carbons (Fsp3) is 0.467. The van der Waals surface area contributed by atoms with Gasteiger partial charge in [0.1, 0.15) is 0 Å². The molecule has 2 rings (SSSR count). The molecule has 2 aromatic rings. The van der Waals surface area contributed by atoms with Gasteiger partial charge in [-0.05, 0) is 30.9 Å². The lowest BCUT2D eigenvalue weighted by molar-refractivity contribution is -0.142. The second-order valence-corrected chi connectivity index (χ2v) is 7.62. The topological polar surface area (TPSA) is 50.2 Å². The Hall–Kier alpha value is -1.07. The van der Waals surface area contributed by atoms with Crippen LogP contribution in [-0.4, -0.2) is 21.8 Å². The van der Waals surface area contributed by atoms with E-state index in [4.69, 9.17) is 0 Å². The molecule has 108 valence electrons. The number of aromatic nitrogens is 1. The summed E-state index contributed by atoms with van der Waals surface area (Å²) in [4.78, 5) is 15.7. The van der Waals surface area contributed by atoms with E-state index in [1.807, 2.05) is 18.2 Å². The lowest BCUT2D eigenvalue weighted by Gasteiger charge is -2.13. The molecule has 1 atom stereocenters. The predicted molar refractivity (Wildman–Crippen MR) is 85.5 cm³/mol. The van der Waals surface area contributed by atoms with Crippen LogP contribution in [0.2, 0.25) is 0 Å². The van der Waals surface area contributed by atoms with Crippen LogP contribution in [0.15, 0.2) is 28.6 Å². The lowest BCUT2D eigenvalue weighted by Crippen LogP contribution is -2.16. The number of thiazole rings is 1. The zero-order valence-corrected chi connectivity index (χ0v) is 13.3. The number of rotatable bonds is 7. The Morgan fingerprint density at radius 1 is 1.40 bits per heavy atom. The summed E-state index contributed by atoms with van der Waals surface area (Å²) in [7, 11) is 0. The number of thioether (sulfide) groups is 1. The van der Waals surface area contributed by atoms with Crippen molar-refractivity contribution >= 4 is 39.3 Å². The third kappa shape index (κ3) is 4.21. The van der Waals surface area contributed by atoms with Crippen molar-refractivity contribution in [3.05, 3.63) is 24.3 Å². The SMILES string of the molecule is CC(C)CC(CCSc1nc2ccccc2s1)C(=O)O. The number of benzene rings is 1. The molecule has 0 amide bonds. The minimum atomic E-state index is -0.677. The molecule has 0 saturated carbocycles. The first-order chi connectivity index (χ1) is 9.56. The minimum Gasteiger partial charge on any atom is -0.481 e. The van der Waals surface area contributed by atoms with E-state index in [9.17, 15) is 9.90 Å². The number of aliphatic carboxylic acids is 1. The van der Waals surface area contributed by atoms with Crippen LogP contribution >= 0.6 is 23.1 Å². The molecular weight excluding hydrogens is 290 g/mol. The van der Waals surface area contributed by atoms with Gasteiger partial charge >= 0.3 is 5.97 Å². The van der Waals surface area contributed by atoms with Crippen molar-refractivity contribution in [3.63, 3.8) is 0 Å². The summed E-state index contributed by atoms with van der Waals surface area (Å²) in [6.45, 7) is 4.13. The smallest absolute Gasteiger partial charge is 0.306 e. The van der Waals surface area contributed by atoms with Crippen LogP contribution in [0.1, 0.15) is 26.7 Å². The van der Waals surface area contributed by atoms with Crippen LogP contribution in [0.25, 0.3) is 10.2 Å². The molecule has 20 heavy (non-hydrogen) atoms. The quantitative estimate of drug-likeness (QED) is 0.764. The van der Waals surface area contributed by atoms with Gasteiger partial charge in [-0.15, -0.1) is 11.3 Å². The Bertz CT molecular complexity index is 547. The van der Waals surface area contributed by atoms with Gasteiger partial charge in [0.25, 0.3) is 0 Å². The molecule has 1 unspecified atom stereocenters. The third-order valence-corrected chi connectivity index (χ3v) is 5.28. The van der Waals surface area contributed by atoms with Crippen LogP contribution in [0.3, 0.4) is 0 Å². The van der Waals surface area contributed by atoms with Crippen LogP contribution in [0.4, 0.5) is 0 Å². The molecule has 1 aromatic carbocycles.